The highest BCUT2D eigenvalue weighted by molar-refractivity contribution is 6.04. The Bertz CT molecular complexity index is 726. The molecule has 2 aliphatic rings. The Labute approximate surface area is 148 Å². The zero-order chi connectivity index (χ0) is 18.0. The zero-order valence-corrected chi connectivity index (χ0v) is 14.8. The molecular weight excluding hydrogens is 316 g/mol. The fourth-order valence-corrected chi connectivity index (χ4v) is 3.78. The van der Waals surface area contributed by atoms with Gasteiger partial charge in [0.25, 0.3) is 0 Å². The van der Waals surface area contributed by atoms with Crippen molar-refractivity contribution in [3.05, 3.63) is 47.5 Å². The van der Waals surface area contributed by atoms with Crippen LogP contribution in [0.5, 0.6) is 0 Å². The topological polar surface area (TPSA) is 57.7 Å². The number of hydrogen-bond acceptors (Lipinski definition) is 3. The van der Waals surface area contributed by atoms with Crippen LogP contribution in [-0.4, -0.2) is 47.7 Å². The van der Waals surface area contributed by atoms with Gasteiger partial charge in [-0.1, -0.05) is 42.0 Å². The number of rotatable bonds is 4. The molecule has 5 heteroatoms. The SMILES string of the molecule is CN1C(=O)N(CC(=O)c2ccccc2)CC(C)(C2=CCCCC2)C1=O. The molecule has 1 saturated heterocycles. The van der Waals surface area contributed by atoms with Gasteiger partial charge in [-0.25, -0.2) is 4.79 Å². The minimum absolute atomic E-state index is 0.0106. The lowest BCUT2D eigenvalue weighted by Crippen LogP contribution is -2.61. The molecule has 1 aromatic carbocycles. The number of carbonyl (C=O) groups excluding carboxylic acids is 3. The first-order valence-corrected chi connectivity index (χ1v) is 8.78. The van der Waals surface area contributed by atoms with Gasteiger partial charge >= 0.3 is 6.03 Å². The van der Waals surface area contributed by atoms with Crippen LogP contribution in [0.25, 0.3) is 0 Å². The maximum absolute atomic E-state index is 12.8. The highest BCUT2D eigenvalue weighted by Gasteiger charge is 2.48. The average Bonchev–Trinajstić information content (AvgIpc) is 2.65. The monoisotopic (exact) mass is 340 g/mol. The average molecular weight is 340 g/mol. The van der Waals surface area contributed by atoms with Gasteiger partial charge in [-0.15, -0.1) is 0 Å². The molecule has 0 aromatic heterocycles. The second-order valence-electron chi connectivity index (χ2n) is 7.10. The van der Waals surface area contributed by atoms with Crippen molar-refractivity contribution in [2.45, 2.75) is 32.6 Å². The molecule has 0 bridgehead atoms. The van der Waals surface area contributed by atoms with Crippen molar-refractivity contribution in [2.24, 2.45) is 5.41 Å². The molecule has 132 valence electrons. The lowest BCUT2D eigenvalue weighted by atomic mass is 9.74. The third-order valence-electron chi connectivity index (χ3n) is 5.27. The molecule has 25 heavy (non-hydrogen) atoms. The fraction of sp³-hybridized carbons (Fsp3) is 0.450. The van der Waals surface area contributed by atoms with E-state index in [0.717, 1.165) is 36.2 Å². The molecule has 3 rings (SSSR count). The van der Waals surface area contributed by atoms with E-state index in [1.54, 1.807) is 24.3 Å². The van der Waals surface area contributed by atoms with E-state index < -0.39 is 11.4 Å². The number of nitrogens with zero attached hydrogens (tertiary/aromatic N) is 2. The first-order chi connectivity index (χ1) is 11.9. The molecular formula is C20H24N2O3. The van der Waals surface area contributed by atoms with Crippen molar-refractivity contribution in [1.29, 1.82) is 0 Å². The van der Waals surface area contributed by atoms with Crippen LogP contribution in [0.3, 0.4) is 0 Å². The van der Waals surface area contributed by atoms with Gasteiger partial charge in [-0.05, 0) is 32.6 Å². The molecule has 0 N–H and O–H groups in total. The van der Waals surface area contributed by atoms with E-state index in [1.807, 2.05) is 13.0 Å². The Morgan fingerprint density at radius 2 is 1.88 bits per heavy atom. The van der Waals surface area contributed by atoms with E-state index in [4.69, 9.17) is 0 Å². The van der Waals surface area contributed by atoms with Crippen molar-refractivity contribution >= 4 is 17.7 Å². The fourth-order valence-electron chi connectivity index (χ4n) is 3.78. The van der Waals surface area contributed by atoms with Crippen LogP contribution in [0, 0.1) is 5.41 Å². The summed E-state index contributed by atoms with van der Waals surface area (Å²) in [5.74, 6) is -0.286. The largest absolute Gasteiger partial charge is 0.326 e. The molecule has 0 radical (unpaired) electrons. The third kappa shape index (κ3) is 3.23. The molecule has 1 aromatic rings. The van der Waals surface area contributed by atoms with Gasteiger partial charge in [0.15, 0.2) is 5.78 Å². The molecule has 1 heterocycles. The Morgan fingerprint density at radius 3 is 2.52 bits per heavy atom. The van der Waals surface area contributed by atoms with E-state index >= 15 is 0 Å². The lowest BCUT2D eigenvalue weighted by Gasteiger charge is -2.44. The highest BCUT2D eigenvalue weighted by atomic mass is 16.2. The third-order valence-corrected chi connectivity index (χ3v) is 5.27. The van der Waals surface area contributed by atoms with Crippen molar-refractivity contribution in [2.75, 3.05) is 20.1 Å². The number of allylic oxidation sites excluding steroid dienone is 1. The van der Waals surface area contributed by atoms with Gasteiger partial charge in [-0.2, -0.15) is 0 Å². The number of carbonyl (C=O) groups is 3. The summed E-state index contributed by atoms with van der Waals surface area (Å²) in [6.45, 7) is 2.15. The van der Waals surface area contributed by atoms with Crippen LogP contribution in [-0.2, 0) is 4.79 Å². The van der Waals surface area contributed by atoms with Crippen LogP contribution in [0.2, 0.25) is 0 Å². The van der Waals surface area contributed by atoms with Crippen LogP contribution in [0.4, 0.5) is 4.79 Å². The minimum atomic E-state index is -0.736. The molecule has 1 atom stereocenters. The Kier molecular flexibility index (Phi) is 4.75. The number of hydrogen-bond donors (Lipinski definition) is 0. The summed E-state index contributed by atoms with van der Waals surface area (Å²) in [5.41, 5.74) is 0.939. The van der Waals surface area contributed by atoms with E-state index in [1.165, 1.54) is 11.9 Å². The standard InChI is InChI=1S/C20H24N2O3/c1-20(16-11-7-4-8-12-16)14-22(19(25)21(2)18(20)24)13-17(23)15-9-5-3-6-10-15/h3,5-6,9-11H,4,7-8,12-14H2,1-2H3. The summed E-state index contributed by atoms with van der Waals surface area (Å²) in [6.07, 6.45) is 6.19. The number of benzene rings is 1. The van der Waals surface area contributed by atoms with Crippen LogP contribution in [0.1, 0.15) is 43.0 Å². The molecule has 1 aliphatic heterocycles. The molecule has 5 nitrogen and oxygen atoms in total. The smallest absolute Gasteiger partial charge is 0.315 e. The normalized spacial score (nSPS) is 24.3. The van der Waals surface area contributed by atoms with Gasteiger partial charge in [0.1, 0.15) is 0 Å². The first kappa shape index (κ1) is 17.4. The highest BCUT2D eigenvalue weighted by Crippen LogP contribution is 2.39. The number of amides is 3. The van der Waals surface area contributed by atoms with Gasteiger partial charge in [0, 0.05) is 19.2 Å². The molecule has 1 fully saturated rings. The van der Waals surface area contributed by atoms with Crippen molar-refractivity contribution in [3.63, 3.8) is 0 Å². The summed E-state index contributed by atoms with van der Waals surface area (Å²) >= 11 is 0. The van der Waals surface area contributed by atoms with Gasteiger partial charge in [0.05, 0.1) is 12.0 Å². The lowest BCUT2D eigenvalue weighted by molar-refractivity contribution is -0.139. The molecule has 1 unspecified atom stereocenters. The van der Waals surface area contributed by atoms with Gasteiger partial charge in [0.2, 0.25) is 5.91 Å². The summed E-state index contributed by atoms with van der Waals surface area (Å²) in [5, 5.41) is 0. The molecule has 1 aliphatic carbocycles. The summed E-state index contributed by atoms with van der Waals surface area (Å²) in [6, 6.07) is 8.55. The Hall–Kier alpha value is -2.43. The van der Waals surface area contributed by atoms with Crippen LogP contribution in [0.15, 0.2) is 42.0 Å². The van der Waals surface area contributed by atoms with Crippen LogP contribution < -0.4 is 0 Å². The second kappa shape index (κ2) is 6.82. The quantitative estimate of drug-likeness (QED) is 0.624. The second-order valence-corrected chi connectivity index (χ2v) is 7.10. The van der Waals surface area contributed by atoms with E-state index in [0.29, 0.717) is 5.56 Å². The molecule has 3 amide bonds. The van der Waals surface area contributed by atoms with Crippen molar-refractivity contribution in [1.82, 2.24) is 9.80 Å². The van der Waals surface area contributed by atoms with Gasteiger partial charge < -0.3 is 4.90 Å². The predicted molar refractivity (Wildman–Crippen MR) is 95.2 cm³/mol. The number of urea groups is 1. The predicted octanol–water partition coefficient (Wildman–Crippen LogP) is 3.27. The molecule has 0 saturated carbocycles. The van der Waals surface area contributed by atoms with E-state index in [-0.39, 0.29) is 24.8 Å². The maximum Gasteiger partial charge on any atom is 0.326 e. The zero-order valence-electron chi connectivity index (χ0n) is 14.8. The summed E-state index contributed by atoms with van der Waals surface area (Å²) in [4.78, 5) is 40.5. The molecule has 0 spiro atoms. The number of ketones is 1. The van der Waals surface area contributed by atoms with E-state index in [2.05, 4.69) is 6.08 Å². The Morgan fingerprint density at radius 1 is 1.16 bits per heavy atom. The summed E-state index contributed by atoms with van der Waals surface area (Å²) in [7, 11) is 1.51. The number of imide groups is 1. The number of Topliss-reactive ketones (excluding diaryl/α,β-unsaturated/α-hetero) is 1. The van der Waals surface area contributed by atoms with E-state index in [9.17, 15) is 14.4 Å². The first-order valence-electron chi connectivity index (χ1n) is 8.78. The maximum atomic E-state index is 12.8. The van der Waals surface area contributed by atoms with Crippen LogP contribution >= 0.6 is 0 Å². The minimum Gasteiger partial charge on any atom is -0.315 e. The van der Waals surface area contributed by atoms with Gasteiger partial charge in [-0.3, -0.25) is 14.5 Å². The Balaban J connectivity index is 1.84. The summed E-state index contributed by atoms with van der Waals surface area (Å²) < 4.78 is 0. The van der Waals surface area contributed by atoms with Crippen molar-refractivity contribution in [3.8, 4) is 0 Å². The van der Waals surface area contributed by atoms with Crippen molar-refractivity contribution < 1.29 is 14.4 Å².